The zero-order chi connectivity index (χ0) is 12.4. The Morgan fingerprint density at radius 1 is 0.889 bits per heavy atom. The summed E-state index contributed by atoms with van der Waals surface area (Å²) >= 11 is 0. The van der Waals surface area contributed by atoms with Crippen molar-refractivity contribution in [2.45, 2.75) is 12.1 Å². The Balaban J connectivity index is 1.96. The summed E-state index contributed by atoms with van der Waals surface area (Å²) < 4.78 is 0. The number of nitrogens with zero attached hydrogens (tertiary/aromatic N) is 1. The highest BCUT2D eigenvalue weighted by atomic mass is 16.5. The molecule has 0 aliphatic carbocycles. The van der Waals surface area contributed by atoms with Gasteiger partial charge in [0.25, 0.3) is 0 Å². The Hall–Kier alpha value is -1.68. The lowest BCUT2D eigenvalue weighted by molar-refractivity contribution is 0.343. The summed E-state index contributed by atoms with van der Waals surface area (Å²) in [6.07, 6.45) is 0. The lowest BCUT2D eigenvalue weighted by atomic mass is 9.95. The van der Waals surface area contributed by atoms with E-state index in [1.807, 2.05) is 48.5 Å². The van der Waals surface area contributed by atoms with E-state index in [-0.39, 0.29) is 12.1 Å². The molecule has 3 heteroatoms. The molecule has 92 valence electrons. The summed E-state index contributed by atoms with van der Waals surface area (Å²) in [5.41, 5.74) is 2.22. The Bertz CT molecular complexity index is 500. The molecule has 1 N–H and O–H groups in total. The first-order valence-corrected chi connectivity index (χ1v) is 6.13. The van der Waals surface area contributed by atoms with Gasteiger partial charge in [-0.25, -0.2) is 0 Å². The van der Waals surface area contributed by atoms with Gasteiger partial charge in [-0.1, -0.05) is 60.7 Å². The second kappa shape index (κ2) is 4.90. The monoisotopic (exact) mass is 239 g/mol. The summed E-state index contributed by atoms with van der Waals surface area (Å²) in [5.74, 6) is 0. The van der Waals surface area contributed by atoms with Crippen LogP contribution in [0.1, 0.15) is 23.2 Å². The van der Waals surface area contributed by atoms with E-state index >= 15 is 0 Å². The average molecular weight is 239 g/mol. The van der Waals surface area contributed by atoms with Gasteiger partial charge in [0.1, 0.15) is 0 Å². The van der Waals surface area contributed by atoms with Crippen molar-refractivity contribution in [3.8, 4) is 0 Å². The molecule has 0 saturated carbocycles. The van der Waals surface area contributed by atoms with E-state index in [0.29, 0.717) is 6.67 Å². The second-order valence-electron chi connectivity index (χ2n) is 4.52. The minimum atomic E-state index is -0.145. The normalized spacial score (nSPS) is 24.3. The topological polar surface area (TPSA) is 38.3 Å². The van der Waals surface area contributed by atoms with Gasteiger partial charge >= 0.3 is 0 Å². The first kappa shape index (κ1) is 11.4. The third kappa shape index (κ3) is 2.04. The molecular formula is C15H15N2O-. The summed E-state index contributed by atoms with van der Waals surface area (Å²) in [5, 5.41) is 16.4. The number of hydroxylamine groups is 2. The van der Waals surface area contributed by atoms with Crippen molar-refractivity contribution >= 4 is 0 Å². The van der Waals surface area contributed by atoms with Crippen LogP contribution in [-0.2, 0) is 0 Å². The molecule has 2 aromatic rings. The van der Waals surface area contributed by atoms with Gasteiger partial charge in [0.05, 0.1) is 6.04 Å². The molecule has 0 bridgehead atoms. The number of hydrogen-bond acceptors (Lipinski definition) is 3. The minimum Gasteiger partial charge on any atom is -0.784 e. The van der Waals surface area contributed by atoms with E-state index in [2.05, 4.69) is 17.4 Å². The molecule has 1 saturated heterocycles. The maximum absolute atomic E-state index is 12.0. The van der Waals surface area contributed by atoms with Gasteiger partial charge in [-0.2, -0.15) is 0 Å². The van der Waals surface area contributed by atoms with Crippen molar-refractivity contribution in [2.75, 3.05) is 6.67 Å². The van der Waals surface area contributed by atoms with Crippen LogP contribution in [0.25, 0.3) is 0 Å². The maximum atomic E-state index is 12.0. The molecule has 0 spiro atoms. The molecule has 1 heterocycles. The maximum Gasteiger partial charge on any atom is 0.0521 e. The van der Waals surface area contributed by atoms with Gasteiger partial charge in [-0.3, -0.25) is 5.32 Å². The molecule has 2 unspecified atom stereocenters. The molecule has 3 nitrogen and oxygen atoms in total. The van der Waals surface area contributed by atoms with E-state index in [9.17, 15) is 5.21 Å². The molecule has 1 fully saturated rings. The molecule has 0 aromatic heterocycles. The summed E-state index contributed by atoms with van der Waals surface area (Å²) in [7, 11) is 0. The van der Waals surface area contributed by atoms with Crippen molar-refractivity contribution in [2.24, 2.45) is 0 Å². The number of hydrogen-bond donors (Lipinski definition) is 1. The first-order chi connectivity index (χ1) is 8.86. The van der Waals surface area contributed by atoms with E-state index in [0.717, 1.165) is 16.2 Å². The summed E-state index contributed by atoms with van der Waals surface area (Å²) in [6, 6.07) is 20.0. The van der Waals surface area contributed by atoms with Crippen LogP contribution in [0.3, 0.4) is 0 Å². The standard InChI is InChI=1S/C15H15N2O/c18-17-11-16-14(12-7-3-1-4-8-12)15(17)13-9-5-2-6-10-13/h1-10,14-16H,11H2/q-1. The third-order valence-electron chi connectivity index (χ3n) is 3.39. The van der Waals surface area contributed by atoms with Crippen LogP contribution in [0, 0.1) is 5.21 Å². The fraction of sp³-hybridized carbons (Fsp3) is 0.200. The Morgan fingerprint density at radius 2 is 1.44 bits per heavy atom. The van der Waals surface area contributed by atoms with E-state index in [1.54, 1.807) is 0 Å². The van der Waals surface area contributed by atoms with Crippen LogP contribution in [0.15, 0.2) is 60.7 Å². The molecular weight excluding hydrogens is 224 g/mol. The van der Waals surface area contributed by atoms with Crippen molar-refractivity contribution in [1.29, 1.82) is 0 Å². The van der Waals surface area contributed by atoms with E-state index in [4.69, 9.17) is 0 Å². The highest BCUT2D eigenvalue weighted by molar-refractivity contribution is 5.29. The van der Waals surface area contributed by atoms with Gasteiger partial charge in [0.2, 0.25) is 0 Å². The Labute approximate surface area is 107 Å². The van der Waals surface area contributed by atoms with Crippen LogP contribution in [0.5, 0.6) is 0 Å². The van der Waals surface area contributed by atoms with Gasteiger partial charge in [-0.05, 0) is 11.1 Å². The minimum absolute atomic E-state index is 0.0612. The largest absolute Gasteiger partial charge is 0.784 e. The highest BCUT2D eigenvalue weighted by Crippen LogP contribution is 2.36. The number of rotatable bonds is 2. The number of nitrogens with one attached hydrogen (secondary N) is 1. The van der Waals surface area contributed by atoms with E-state index in [1.165, 1.54) is 0 Å². The van der Waals surface area contributed by atoms with Crippen molar-refractivity contribution in [3.63, 3.8) is 0 Å². The smallest absolute Gasteiger partial charge is 0.0521 e. The molecule has 1 aliphatic rings. The Kier molecular flexibility index (Phi) is 3.11. The van der Waals surface area contributed by atoms with Crippen LogP contribution < -0.4 is 5.32 Å². The van der Waals surface area contributed by atoms with Gasteiger partial charge < -0.3 is 10.3 Å². The molecule has 0 radical (unpaired) electrons. The molecule has 18 heavy (non-hydrogen) atoms. The zero-order valence-corrected chi connectivity index (χ0v) is 9.99. The van der Waals surface area contributed by atoms with Gasteiger partial charge in [0, 0.05) is 12.7 Å². The van der Waals surface area contributed by atoms with Gasteiger partial charge in [0.15, 0.2) is 0 Å². The van der Waals surface area contributed by atoms with Gasteiger partial charge in [-0.15, -0.1) is 0 Å². The molecule has 1 aliphatic heterocycles. The first-order valence-electron chi connectivity index (χ1n) is 6.13. The fourth-order valence-electron chi connectivity index (χ4n) is 2.53. The molecule has 0 amide bonds. The fourth-order valence-corrected chi connectivity index (χ4v) is 2.53. The van der Waals surface area contributed by atoms with Crippen LogP contribution in [0.4, 0.5) is 0 Å². The van der Waals surface area contributed by atoms with Crippen LogP contribution in [-0.4, -0.2) is 11.7 Å². The SMILES string of the molecule is [O-]N1CNC(c2ccccc2)C1c1ccccc1. The Morgan fingerprint density at radius 3 is 2.06 bits per heavy atom. The summed E-state index contributed by atoms with van der Waals surface area (Å²) in [6.45, 7) is 0.374. The lowest BCUT2D eigenvalue weighted by Gasteiger charge is -2.32. The molecule has 2 aromatic carbocycles. The second-order valence-corrected chi connectivity index (χ2v) is 4.52. The summed E-state index contributed by atoms with van der Waals surface area (Å²) in [4.78, 5) is 0. The predicted octanol–water partition coefficient (Wildman–Crippen LogP) is 2.83. The number of benzene rings is 2. The molecule has 3 rings (SSSR count). The average Bonchev–Trinajstić information content (AvgIpc) is 2.83. The van der Waals surface area contributed by atoms with Crippen molar-refractivity contribution in [3.05, 3.63) is 77.0 Å². The van der Waals surface area contributed by atoms with E-state index < -0.39 is 0 Å². The quantitative estimate of drug-likeness (QED) is 0.875. The third-order valence-corrected chi connectivity index (χ3v) is 3.39. The zero-order valence-electron chi connectivity index (χ0n) is 9.99. The van der Waals surface area contributed by atoms with Crippen LogP contribution in [0.2, 0.25) is 0 Å². The lowest BCUT2D eigenvalue weighted by Crippen LogP contribution is -2.18. The van der Waals surface area contributed by atoms with Crippen LogP contribution >= 0.6 is 0 Å². The van der Waals surface area contributed by atoms with Crippen molar-refractivity contribution < 1.29 is 0 Å². The highest BCUT2D eigenvalue weighted by Gasteiger charge is 2.30. The molecule has 2 atom stereocenters. The predicted molar refractivity (Wildman–Crippen MR) is 71.6 cm³/mol. The van der Waals surface area contributed by atoms with Crippen molar-refractivity contribution in [1.82, 2.24) is 10.4 Å².